The van der Waals surface area contributed by atoms with Gasteiger partial charge in [0.2, 0.25) is 0 Å². The monoisotopic (exact) mass is 254 g/mol. The molecule has 0 fully saturated rings. The highest BCUT2D eigenvalue weighted by molar-refractivity contribution is 5.76. The van der Waals surface area contributed by atoms with Gasteiger partial charge in [0.15, 0.2) is 0 Å². The van der Waals surface area contributed by atoms with Crippen LogP contribution in [0.15, 0.2) is 43.0 Å². The van der Waals surface area contributed by atoms with Gasteiger partial charge in [0, 0.05) is 0 Å². The minimum atomic E-state index is -4.16. The van der Waals surface area contributed by atoms with Gasteiger partial charge in [-0.25, -0.2) is 0 Å². The third-order valence-electron chi connectivity index (χ3n) is 2.69. The lowest BCUT2D eigenvalue weighted by molar-refractivity contribution is -0.127. The topological polar surface area (TPSA) is 0 Å². The summed E-state index contributed by atoms with van der Waals surface area (Å²) in [7, 11) is 0. The van der Waals surface area contributed by atoms with Gasteiger partial charge in [0.1, 0.15) is 0 Å². The molecule has 0 heterocycles. The molecule has 0 nitrogen and oxygen atoms in total. The summed E-state index contributed by atoms with van der Waals surface area (Å²) in [5.41, 5.74) is 2.83. The number of hydrogen-bond acceptors (Lipinski definition) is 0. The fourth-order valence-electron chi connectivity index (χ4n) is 1.71. The van der Waals surface area contributed by atoms with Crippen molar-refractivity contribution in [1.29, 1.82) is 0 Å². The summed E-state index contributed by atoms with van der Waals surface area (Å²) in [4.78, 5) is 0. The number of alkyl halides is 3. The Hall–Kier alpha value is -1.51. The van der Waals surface area contributed by atoms with Crippen LogP contribution in [-0.4, -0.2) is 6.18 Å². The van der Waals surface area contributed by atoms with E-state index in [1.807, 2.05) is 6.92 Å². The summed E-state index contributed by atoms with van der Waals surface area (Å²) in [6, 6.07) is 6.33. The second-order valence-electron chi connectivity index (χ2n) is 4.32. The first-order valence-electron chi connectivity index (χ1n) is 5.86. The molecule has 0 radical (unpaired) electrons. The Kier molecular flexibility index (Phi) is 4.76. The van der Waals surface area contributed by atoms with Gasteiger partial charge in [-0.1, -0.05) is 50.8 Å². The first kappa shape index (κ1) is 14.6. The number of hydrogen-bond donors (Lipinski definition) is 0. The molecule has 0 amide bonds. The van der Waals surface area contributed by atoms with Crippen LogP contribution < -0.4 is 0 Å². The van der Waals surface area contributed by atoms with Crippen molar-refractivity contribution in [3.05, 3.63) is 54.1 Å². The Labute approximate surface area is 106 Å². The molecule has 1 rings (SSSR count). The molecule has 0 unspecified atom stereocenters. The van der Waals surface area contributed by atoms with Crippen LogP contribution in [0.5, 0.6) is 0 Å². The third-order valence-corrected chi connectivity index (χ3v) is 2.69. The predicted octanol–water partition coefficient (Wildman–Crippen LogP) is 5.16. The highest BCUT2D eigenvalue weighted by atomic mass is 19.4. The molecule has 0 saturated carbocycles. The summed E-state index contributed by atoms with van der Waals surface area (Å²) in [5.74, 6) is 0. The minimum absolute atomic E-state index is 0.264. The van der Waals surface area contributed by atoms with E-state index in [9.17, 15) is 13.2 Å². The molecule has 1 aromatic rings. The molecular weight excluding hydrogens is 237 g/mol. The first-order chi connectivity index (χ1) is 8.33. The minimum Gasteiger partial charge on any atom is -0.171 e. The fraction of sp³-hybridized carbons (Fsp3) is 0.333. The van der Waals surface area contributed by atoms with Crippen molar-refractivity contribution in [3.8, 4) is 0 Å². The van der Waals surface area contributed by atoms with Crippen molar-refractivity contribution in [2.75, 3.05) is 0 Å². The van der Waals surface area contributed by atoms with E-state index in [0.717, 1.165) is 29.6 Å². The zero-order valence-corrected chi connectivity index (χ0v) is 10.5. The summed E-state index contributed by atoms with van der Waals surface area (Å²) in [6.07, 6.45) is -3.23. The van der Waals surface area contributed by atoms with Crippen LogP contribution in [0.25, 0.3) is 5.57 Å². The molecule has 3 heteroatoms. The Balaban J connectivity index is 2.77. The molecule has 0 N–H and O–H groups in total. The summed E-state index contributed by atoms with van der Waals surface area (Å²) in [6.45, 7) is 9.90. The van der Waals surface area contributed by atoms with Crippen molar-refractivity contribution in [2.24, 2.45) is 0 Å². The molecule has 1 aromatic carbocycles. The zero-order valence-electron chi connectivity index (χ0n) is 10.5. The smallest absolute Gasteiger partial charge is 0.171 e. The van der Waals surface area contributed by atoms with Crippen molar-refractivity contribution in [1.82, 2.24) is 0 Å². The summed E-state index contributed by atoms with van der Waals surface area (Å²) in [5, 5.41) is 0. The molecule has 18 heavy (non-hydrogen) atoms. The van der Waals surface area contributed by atoms with Crippen LogP contribution in [0.1, 0.15) is 30.9 Å². The Morgan fingerprint density at radius 1 is 1.11 bits per heavy atom. The van der Waals surface area contributed by atoms with Crippen LogP contribution in [0.2, 0.25) is 0 Å². The highest BCUT2D eigenvalue weighted by Crippen LogP contribution is 2.25. The molecule has 0 aromatic heterocycles. The van der Waals surface area contributed by atoms with E-state index >= 15 is 0 Å². The standard InChI is InChI=1S/C15H17F3/c1-4-5-11(2)12(3)14-8-6-13(7-9-14)10-15(16,17)18/h6-9H,2-5,10H2,1H3. The molecule has 0 aliphatic rings. The van der Waals surface area contributed by atoms with E-state index in [1.54, 1.807) is 12.1 Å². The van der Waals surface area contributed by atoms with Gasteiger partial charge < -0.3 is 0 Å². The lowest BCUT2D eigenvalue weighted by Crippen LogP contribution is -2.11. The average Bonchev–Trinajstić information content (AvgIpc) is 2.27. The maximum atomic E-state index is 12.2. The third kappa shape index (κ3) is 4.40. The van der Waals surface area contributed by atoms with E-state index in [-0.39, 0.29) is 5.56 Å². The maximum absolute atomic E-state index is 12.2. The molecule has 0 spiro atoms. The lowest BCUT2D eigenvalue weighted by atomic mass is 9.96. The fourth-order valence-corrected chi connectivity index (χ4v) is 1.71. The molecule has 98 valence electrons. The van der Waals surface area contributed by atoms with Gasteiger partial charge in [-0.05, 0) is 28.7 Å². The van der Waals surface area contributed by atoms with Gasteiger partial charge in [-0.2, -0.15) is 13.2 Å². The van der Waals surface area contributed by atoms with Crippen LogP contribution >= 0.6 is 0 Å². The normalized spacial score (nSPS) is 11.3. The SMILES string of the molecule is C=C(CCC)C(=C)c1ccc(CC(F)(F)F)cc1. The Morgan fingerprint density at radius 3 is 2.11 bits per heavy atom. The number of benzene rings is 1. The highest BCUT2D eigenvalue weighted by Gasteiger charge is 2.27. The number of halogens is 3. The largest absolute Gasteiger partial charge is 0.393 e. The lowest BCUT2D eigenvalue weighted by Gasteiger charge is -2.10. The van der Waals surface area contributed by atoms with Crippen LogP contribution in [0, 0.1) is 0 Å². The molecule has 0 saturated heterocycles. The Bertz CT molecular complexity index is 424. The van der Waals surface area contributed by atoms with Crippen molar-refractivity contribution < 1.29 is 13.2 Å². The van der Waals surface area contributed by atoms with E-state index in [0.29, 0.717) is 0 Å². The van der Waals surface area contributed by atoms with E-state index in [2.05, 4.69) is 13.2 Å². The molecule has 0 aliphatic carbocycles. The molecule has 0 atom stereocenters. The average molecular weight is 254 g/mol. The second kappa shape index (κ2) is 5.89. The van der Waals surface area contributed by atoms with E-state index in [1.165, 1.54) is 12.1 Å². The maximum Gasteiger partial charge on any atom is 0.393 e. The van der Waals surface area contributed by atoms with Gasteiger partial charge in [-0.15, -0.1) is 0 Å². The van der Waals surface area contributed by atoms with Gasteiger partial charge >= 0.3 is 6.18 Å². The molecular formula is C15H17F3. The first-order valence-corrected chi connectivity index (χ1v) is 5.86. The van der Waals surface area contributed by atoms with Crippen molar-refractivity contribution in [3.63, 3.8) is 0 Å². The van der Waals surface area contributed by atoms with E-state index < -0.39 is 12.6 Å². The predicted molar refractivity (Wildman–Crippen MR) is 69.3 cm³/mol. The molecule has 0 bridgehead atoms. The van der Waals surface area contributed by atoms with Crippen molar-refractivity contribution >= 4 is 5.57 Å². The molecule has 0 aliphatic heterocycles. The van der Waals surface area contributed by atoms with Gasteiger partial charge in [-0.3, -0.25) is 0 Å². The summed E-state index contributed by atoms with van der Waals surface area (Å²) >= 11 is 0. The summed E-state index contributed by atoms with van der Waals surface area (Å²) < 4.78 is 36.6. The van der Waals surface area contributed by atoms with Crippen LogP contribution in [-0.2, 0) is 6.42 Å². The number of allylic oxidation sites excluding steroid dienone is 2. The van der Waals surface area contributed by atoms with Crippen LogP contribution in [0.4, 0.5) is 13.2 Å². The van der Waals surface area contributed by atoms with Gasteiger partial charge in [0.05, 0.1) is 6.42 Å². The van der Waals surface area contributed by atoms with Crippen LogP contribution in [0.3, 0.4) is 0 Å². The quantitative estimate of drug-likeness (QED) is 0.636. The number of rotatable bonds is 5. The van der Waals surface area contributed by atoms with E-state index in [4.69, 9.17) is 0 Å². The second-order valence-corrected chi connectivity index (χ2v) is 4.32. The van der Waals surface area contributed by atoms with Gasteiger partial charge in [0.25, 0.3) is 0 Å². The zero-order chi connectivity index (χ0) is 13.8. The van der Waals surface area contributed by atoms with Crippen molar-refractivity contribution in [2.45, 2.75) is 32.4 Å². The Morgan fingerprint density at radius 2 is 1.67 bits per heavy atom.